The summed E-state index contributed by atoms with van der Waals surface area (Å²) in [5.41, 5.74) is 4.65. The first-order valence-electron chi connectivity index (χ1n) is 5.69. The van der Waals surface area contributed by atoms with Gasteiger partial charge in [-0.05, 0) is 18.1 Å². The van der Waals surface area contributed by atoms with Gasteiger partial charge in [-0.15, -0.1) is 0 Å². The Labute approximate surface area is 106 Å². The van der Waals surface area contributed by atoms with Crippen LogP contribution in [0.4, 0.5) is 0 Å². The summed E-state index contributed by atoms with van der Waals surface area (Å²) < 4.78 is 5.32. The number of hydrazine groups is 1. The molecule has 1 heterocycles. The second kappa shape index (κ2) is 6.09. The first-order valence-corrected chi connectivity index (χ1v) is 5.69. The standard InChI is InChI=1S/C13H16N4O/c1-18-13-5-3-2-4-10(13)8-11(17-14)12-9-15-6-7-16-12/h2-7,9,11,17H,8,14H2,1H3. The van der Waals surface area contributed by atoms with Gasteiger partial charge in [-0.3, -0.25) is 21.2 Å². The van der Waals surface area contributed by atoms with Crippen LogP contribution >= 0.6 is 0 Å². The minimum Gasteiger partial charge on any atom is -0.496 e. The van der Waals surface area contributed by atoms with Gasteiger partial charge >= 0.3 is 0 Å². The molecule has 5 heteroatoms. The van der Waals surface area contributed by atoms with Gasteiger partial charge < -0.3 is 4.74 Å². The first kappa shape index (κ1) is 12.5. The molecule has 0 spiro atoms. The molecule has 0 bridgehead atoms. The van der Waals surface area contributed by atoms with Crippen molar-refractivity contribution in [1.29, 1.82) is 0 Å². The van der Waals surface area contributed by atoms with Crippen LogP contribution in [0.15, 0.2) is 42.9 Å². The number of hydrogen-bond donors (Lipinski definition) is 2. The number of hydrogen-bond acceptors (Lipinski definition) is 5. The monoisotopic (exact) mass is 244 g/mol. The Morgan fingerprint density at radius 2 is 2.17 bits per heavy atom. The molecule has 1 unspecified atom stereocenters. The highest BCUT2D eigenvalue weighted by atomic mass is 16.5. The molecule has 2 aromatic rings. The van der Waals surface area contributed by atoms with Crippen LogP contribution in [0.2, 0.25) is 0 Å². The van der Waals surface area contributed by atoms with Crippen LogP contribution < -0.4 is 16.0 Å². The molecule has 0 aliphatic heterocycles. The number of nitrogens with one attached hydrogen (secondary N) is 1. The van der Waals surface area contributed by atoms with Gasteiger partial charge in [-0.1, -0.05) is 18.2 Å². The fourth-order valence-electron chi connectivity index (χ4n) is 1.83. The van der Waals surface area contributed by atoms with Crippen molar-refractivity contribution in [3.05, 3.63) is 54.1 Å². The SMILES string of the molecule is COc1ccccc1CC(NN)c1cnccn1. The zero-order valence-corrected chi connectivity index (χ0v) is 10.2. The fourth-order valence-corrected chi connectivity index (χ4v) is 1.83. The molecule has 0 aliphatic rings. The highest BCUT2D eigenvalue weighted by Crippen LogP contribution is 2.23. The maximum atomic E-state index is 5.59. The summed E-state index contributed by atoms with van der Waals surface area (Å²) in [4.78, 5) is 8.30. The number of benzene rings is 1. The second-order valence-corrected chi connectivity index (χ2v) is 3.87. The van der Waals surface area contributed by atoms with Crippen molar-refractivity contribution in [3.63, 3.8) is 0 Å². The van der Waals surface area contributed by atoms with Gasteiger partial charge in [-0.2, -0.15) is 0 Å². The van der Waals surface area contributed by atoms with E-state index in [0.717, 1.165) is 17.0 Å². The quantitative estimate of drug-likeness (QED) is 0.611. The van der Waals surface area contributed by atoms with Gasteiger partial charge in [0.25, 0.3) is 0 Å². The molecule has 1 atom stereocenters. The van der Waals surface area contributed by atoms with E-state index in [1.165, 1.54) is 0 Å². The number of nitrogens with two attached hydrogens (primary N) is 1. The Kier molecular flexibility index (Phi) is 4.22. The lowest BCUT2D eigenvalue weighted by atomic mass is 10.0. The van der Waals surface area contributed by atoms with Gasteiger partial charge in [0, 0.05) is 12.4 Å². The molecule has 0 radical (unpaired) electrons. The second-order valence-electron chi connectivity index (χ2n) is 3.87. The summed E-state index contributed by atoms with van der Waals surface area (Å²) in [7, 11) is 1.66. The predicted molar refractivity (Wildman–Crippen MR) is 68.8 cm³/mol. The molecular weight excluding hydrogens is 228 g/mol. The third kappa shape index (κ3) is 2.82. The van der Waals surface area contributed by atoms with Crippen LogP contribution in [0.25, 0.3) is 0 Å². The topological polar surface area (TPSA) is 73.1 Å². The molecule has 5 nitrogen and oxygen atoms in total. The van der Waals surface area contributed by atoms with Crippen LogP contribution in [0, 0.1) is 0 Å². The van der Waals surface area contributed by atoms with E-state index < -0.39 is 0 Å². The van der Waals surface area contributed by atoms with E-state index in [-0.39, 0.29) is 6.04 Å². The number of para-hydroxylation sites is 1. The van der Waals surface area contributed by atoms with Crippen LogP contribution in [-0.4, -0.2) is 17.1 Å². The van der Waals surface area contributed by atoms with Crippen molar-refractivity contribution in [2.45, 2.75) is 12.5 Å². The highest BCUT2D eigenvalue weighted by molar-refractivity contribution is 5.34. The number of methoxy groups -OCH3 is 1. The van der Waals surface area contributed by atoms with Gasteiger partial charge in [0.15, 0.2) is 0 Å². The largest absolute Gasteiger partial charge is 0.496 e. The van der Waals surface area contributed by atoms with Crippen molar-refractivity contribution in [1.82, 2.24) is 15.4 Å². The van der Waals surface area contributed by atoms with Crippen LogP contribution in [-0.2, 0) is 6.42 Å². The van der Waals surface area contributed by atoms with Crippen molar-refractivity contribution >= 4 is 0 Å². The van der Waals surface area contributed by atoms with E-state index in [1.54, 1.807) is 25.7 Å². The fraction of sp³-hybridized carbons (Fsp3) is 0.231. The van der Waals surface area contributed by atoms with Gasteiger partial charge in [-0.25, -0.2) is 0 Å². The van der Waals surface area contributed by atoms with Gasteiger partial charge in [0.2, 0.25) is 0 Å². The minimum atomic E-state index is -0.0880. The molecule has 0 saturated heterocycles. The molecule has 18 heavy (non-hydrogen) atoms. The Morgan fingerprint density at radius 3 is 2.83 bits per heavy atom. The van der Waals surface area contributed by atoms with Gasteiger partial charge in [0.05, 0.1) is 25.0 Å². The van der Waals surface area contributed by atoms with Crippen LogP contribution in [0.1, 0.15) is 17.3 Å². The average molecular weight is 244 g/mol. The predicted octanol–water partition coefficient (Wildman–Crippen LogP) is 1.23. The molecule has 1 aromatic carbocycles. The molecule has 94 valence electrons. The van der Waals surface area contributed by atoms with Crippen molar-refractivity contribution < 1.29 is 4.74 Å². The summed E-state index contributed by atoms with van der Waals surface area (Å²) in [6.45, 7) is 0. The lowest BCUT2D eigenvalue weighted by Gasteiger charge is -2.16. The first-order chi connectivity index (χ1) is 8.85. The summed E-state index contributed by atoms with van der Waals surface area (Å²) >= 11 is 0. The summed E-state index contributed by atoms with van der Waals surface area (Å²) in [6.07, 6.45) is 5.70. The molecular formula is C13H16N4O. The molecule has 1 aromatic heterocycles. The summed E-state index contributed by atoms with van der Waals surface area (Å²) in [5.74, 6) is 6.43. The third-order valence-electron chi connectivity index (χ3n) is 2.76. The van der Waals surface area contributed by atoms with Crippen molar-refractivity contribution in [2.24, 2.45) is 5.84 Å². The molecule has 0 aliphatic carbocycles. The van der Waals surface area contributed by atoms with Crippen molar-refractivity contribution in [3.8, 4) is 5.75 Å². The van der Waals surface area contributed by atoms with Crippen LogP contribution in [0.5, 0.6) is 5.75 Å². The maximum absolute atomic E-state index is 5.59. The number of nitrogens with zero attached hydrogens (tertiary/aromatic N) is 2. The Hall–Kier alpha value is -1.98. The smallest absolute Gasteiger partial charge is 0.122 e. The van der Waals surface area contributed by atoms with E-state index in [4.69, 9.17) is 10.6 Å². The normalized spacial score (nSPS) is 12.1. The van der Waals surface area contributed by atoms with E-state index in [9.17, 15) is 0 Å². The molecule has 2 rings (SSSR count). The van der Waals surface area contributed by atoms with Gasteiger partial charge in [0.1, 0.15) is 5.75 Å². The molecule has 0 fully saturated rings. The summed E-state index contributed by atoms with van der Waals surface area (Å²) in [6, 6.07) is 7.77. The summed E-state index contributed by atoms with van der Waals surface area (Å²) in [5, 5.41) is 0. The minimum absolute atomic E-state index is 0.0880. The molecule has 0 amide bonds. The number of aromatic nitrogens is 2. The Morgan fingerprint density at radius 1 is 1.33 bits per heavy atom. The number of rotatable bonds is 5. The maximum Gasteiger partial charge on any atom is 0.122 e. The average Bonchev–Trinajstić information content (AvgIpc) is 2.46. The molecule has 3 N–H and O–H groups in total. The zero-order chi connectivity index (χ0) is 12.8. The third-order valence-corrected chi connectivity index (χ3v) is 2.76. The van der Waals surface area contributed by atoms with E-state index in [2.05, 4.69) is 15.4 Å². The Balaban J connectivity index is 2.21. The Bertz CT molecular complexity index is 489. The van der Waals surface area contributed by atoms with Crippen LogP contribution in [0.3, 0.4) is 0 Å². The zero-order valence-electron chi connectivity index (χ0n) is 10.2. The lowest BCUT2D eigenvalue weighted by molar-refractivity contribution is 0.405. The van der Waals surface area contributed by atoms with Crippen molar-refractivity contribution in [2.75, 3.05) is 7.11 Å². The number of ether oxygens (including phenoxy) is 1. The lowest BCUT2D eigenvalue weighted by Crippen LogP contribution is -2.30. The molecule has 0 saturated carbocycles. The van der Waals surface area contributed by atoms with E-state index in [1.807, 2.05) is 24.3 Å². The van der Waals surface area contributed by atoms with E-state index in [0.29, 0.717) is 6.42 Å². The van der Waals surface area contributed by atoms with E-state index >= 15 is 0 Å². The highest BCUT2D eigenvalue weighted by Gasteiger charge is 2.14.